The predicted octanol–water partition coefficient (Wildman–Crippen LogP) is 1.94. The van der Waals surface area contributed by atoms with Crippen LogP contribution in [0.15, 0.2) is 30.3 Å². The third-order valence-electron chi connectivity index (χ3n) is 1.88. The van der Waals surface area contributed by atoms with E-state index in [9.17, 15) is 4.57 Å². The third kappa shape index (κ3) is 1.83. The summed E-state index contributed by atoms with van der Waals surface area (Å²) in [5.74, 6) is 0. The van der Waals surface area contributed by atoms with E-state index >= 15 is 0 Å². The maximum atomic E-state index is 12.0. The Labute approximate surface area is 77.2 Å². The summed E-state index contributed by atoms with van der Waals surface area (Å²) in [4.78, 5) is 0. The fourth-order valence-corrected chi connectivity index (χ4v) is 2.87. The van der Waals surface area contributed by atoms with Crippen LogP contribution in [0, 0.1) is 0 Å². The van der Waals surface area contributed by atoms with Crippen LogP contribution in [0.25, 0.3) is 0 Å². The van der Waals surface area contributed by atoms with Gasteiger partial charge in [-0.05, 0) is 18.6 Å². The van der Waals surface area contributed by atoms with E-state index in [1.165, 1.54) is 0 Å². The average Bonchev–Trinajstić information content (AvgIpc) is 2.20. The van der Waals surface area contributed by atoms with Crippen molar-refractivity contribution in [3.8, 4) is 0 Å². The molecule has 2 rings (SSSR count). The Kier molecular flexibility index (Phi) is 2.49. The largest absolute Gasteiger partial charge is 0.361 e. The molecule has 1 saturated heterocycles. The lowest BCUT2D eigenvalue weighted by Crippen LogP contribution is -2.16. The van der Waals surface area contributed by atoms with E-state index in [1.807, 2.05) is 18.2 Å². The Morgan fingerprint density at radius 1 is 1.08 bits per heavy atom. The standard InChI is InChI=1S/C9H11O3P/c10-13(11-7-4-8-12-13)9-5-2-1-3-6-9/h1-3,5-6H,4,7-8H2. The first kappa shape index (κ1) is 8.95. The summed E-state index contributed by atoms with van der Waals surface area (Å²) in [6.45, 7) is 1.04. The van der Waals surface area contributed by atoms with Gasteiger partial charge in [0.15, 0.2) is 0 Å². The number of hydrogen-bond acceptors (Lipinski definition) is 3. The van der Waals surface area contributed by atoms with Crippen LogP contribution in [0.5, 0.6) is 0 Å². The van der Waals surface area contributed by atoms with Gasteiger partial charge in [-0.25, -0.2) is 0 Å². The first-order valence-electron chi connectivity index (χ1n) is 4.26. The number of hydrogen-bond donors (Lipinski definition) is 0. The van der Waals surface area contributed by atoms with E-state index in [1.54, 1.807) is 12.1 Å². The molecule has 1 aromatic carbocycles. The Morgan fingerprint density at radius 3 is 2.31 bits per heavy atom. The van der Waals surface area contributed by atoms with Crippen LogP contribution in [0.3, 0.4) is 0 Å². The molecule has 0 unspecified atom stereocenters. The molecule has 1 aliphatic heterocycles. The summed E-state index contributed by atoms with van der Waals surface area (Å²) in [7, 11) is -2.97. The summed E-state index contributed by atoms with van der Waals surface area (Å²) in [5, 5.41) is 0.648. The molecule has 0 spiro atoms. The maximum absolute atomic E-state index is 12.0. The molecule has 4 heteroatoms. The van der Waals surface area contributed by atoms with Crippen molar-refractivity contribution in [2.24, 2.45) is 0 Å². The van der Waals surface area contributed by atoms with Gasteiger partial charge in [0.05, 0.1) is 18.5 Å². The van der Waals surface area contributed by atoms with Gasteiger partial charge < -0.3 is 9.05 Å². The quantitative estimate of drug-likeness (QED) is 0.647. The number of benzene rings is 1. The molecule has 1 aliphatic rings. The van der Waals surface area contributed by atoms with E-state index in [0.717, 1.165) is 6.42 Å². The van der Waals surface area contributed by atoms with Crippen molar-refractivity contribution in [3.05, 3.63) is 30.3 Å². The second-order valence-corrected chi connectivity index (χ2v) is 4.88. The molecule has 13 heavy (non-hydrogen) atoms. The van der Waals surface area contributed by atoms with Gasteiger partial charge in [-0.1, -0.05) is 18.2 Å². The molecule has 0 N–H and O–H groups in total. The zero-order valence-electron chi connectivity index (χ0n) is 7.18. The summed E-state index contributed by atoms with van der Waals surface area (Å²) >= 11 is 0. The highest BCUT2D eigenvalue weighted by molar-refractivity contribution is 7.62. The lowest BCUT2D eigenvalue weighted by Gasteiger charge is -2.22. The second-order valence-electron chi connectivity index (χ2n) is 2.85. The van der Waals surface area contributed by atoms with Crippen molar-refractivity contribution in [2.75, 3.05) is 13.2 Å². The van der Waals surface area contributed by atoms with Gasteiger partial charge in [0.1, 0.15) is 0 Å². The highest BCUT2D eigenvalue weighted by atomic mass is 31.2. The van der Waals surface area contributed by atoms with Crippen molar-refractivity contribution in [1.82, 2.24) is 0 Å². The second kappa shape index (κ2) is 3.62. The minimum Gasteiger partial charge on any atom is -0.305 e. The Bertz CT molecular complexity index is 313. The van der Waals surface area contributed by atoms with Crippen molar-refractivity contribution >= 4 is 12.9 Å². The molecule has 0 aromatic heterocycles. The fourth-order valence-electron chi connectivity index (χ4n) is 1.23. The van der Waals surface area contributed by atoms with Gasteiger partial charge in [-0.15, -0.1) is 0 Å². The molecule has 1 fully saturated rings. The average molecular weight is 198 g/mol. The smallest absolute Gasteiger partial charge is 0.305 e. The van der Waals surface area contributed by atoms with Gasteiger partial charge in [-0.3, -0.25) is 4.57 Å². The monoisotopic (exact) mass is 198 g/mol. The molecule has 0 bridgehead atoms. The summed E-state index contributed by atoms with van der Waals surface area (Å²) in [6, 6.07) is 9.07. The van der Waals surface area contributed by atoms with E-state index in [0.29, 0.717) is 18.5 Å². The minimum atomic E-state index is -2.97. The zero-order valence-corrected chi connectivity index (χ0v) is 8.07. The molecule has 3 nitrogen and oxygen atoms in total. The molecular weight excluding hydrogens is 187 g/mol. The summed E-state index contributed by atoms with van der Waals surface area (Å²) in [6.07, 6.45) is 0.816. The predicted molar refractivity (Wildman–Crippen MR) is 50.2 cm³/mol. The van der Waals surface area contributed by atoms with Crippen molar-refractivity contribution in [2.45, 2.75) is 6.42 Å². The summed E-state index contributed by atoms with van der Waals surface area (Å²) < 4.78 is 22.4. The van der Waals surface area contributed by atoms with E-state index in [4.69, 9.17) is 9.05 Å². The highest BCUT2D eigenvalue weighted by Crippen LogP contribution is 2.49. The van der Waals surface area contributed by atoms with Crippen LogP contribution >= 0.6 is 7.60 Å². The molecule has 0 radical (unpaired) electrons. The lowest BCUT2D eigenvalue weighted by molar-refractivity contribution is 0.154. The van der Waals surface area contributed by atoms with E-state index in [2.05, 4.69) is 0 Å². The van der Waals surface area contributed by atoms with Crippen molar-refractivity contribution in [3.63, 3.8) is 0 Å². The van der Waals surface area contributed by atoms with E-state index in [-0.39, 0.29) is 0 Å². The van der Waals surface area contributed by atoms with Crippen LogP contribution < -0.4 is 5.30 Å². The summed E-state index contributed by atoms with van der Waals surface area (Å²) in [5.41, 5.74) is 0. The van der Waals surface area contributed by atoms with Crippen LogP contribution in [0.4, 0.5) is 0 Å². The Morgan fingerprint density at radius 2 is 1.69 bits per heavy atom. The molecule has 1 aromatic rings. The molecular formula is C9H11O3P. The van der Waals surface area contributed by atoms with Crippen LogP contribution in [-0.4, -0.2) is 13.2 Å². The molecule has 0 aliphatic carbocycles. The van der Waals surface area contributed by atoms with Gasteiger partial charge in [0.2, 0.25) is 0 Å². The molecule has 0 saturated carbocycles. The fraction of sp³-hybridized carbons (Fsp3) is 0.333. The van der Waals surface area contributed by atoms with Crippen LogP contribution in [-0.2, 0) is 13.6 Å². The maximum Gasteiger partial charge on any atom is 0.361 e. The zero-order chi connectivity index (χ0) is 9.15. The Hall–Kier alpha value is -0.630. The molecule has 70 valence electrons. The van der Waals surface area contributed by atoms with Crippen LogP contribution in [0.1, 0.15) is 6.42 Å². The van der Waals surface area contributed by atoms with Gasteiger partial charge in [0, 0.05) is 0 Å². The van der Waals surface area contributed by atoms with Crippen molar-refractivity contribution < 1.29 is 13.6 Å². The first-order valence-corrected chi connectivity index (χ1v) is 5.80. The van der Waals surface area contributed by atoms with E-state index < -0.39 is 7.60 Å². The number of rotatable bonds is 1. The molecule has 0 amide bonds. The lowest BCUT2D eigenvalue weighted by atomic mass is 10.4. The topological polar surface area (TPSA) is 35.5 Å². The van der Waals surface area contributed by atoms with Gasteiger partial charge >= 0.3 is 7.60 Å². The van der Waals surface area contributed by atoms with Crippen LogP contribution in [0.2, 0.25) is 0 Å². The molecule has 0 atom stereocenters. The Balaban J connectivity index is 2.29. The minimum absolute atomic E-state index is 0.520. The van der Waals surface area contributed by atoms with Gasteiger partial charge in [-0.2, -0.15) is 0 Å². The molecule has 1 heterocycles. The first-order chi connectivity index (χ1) is 6.31. The third-order valence-corrected chi connectivity index (χ3v) is 3.86. The van der Waals surface area contributed by atoms with Gasteiger partial charge in [0.25, 0.3) is 0 Å². The normalized spacial score (nSPS) is 21.2. The SMILES string of the molecule is O=P1(c2ccccc2)OCCCO1. The highest BCUT2D eigenvalue weighted by Gasteiger charge is 2.29. The van der Waals surface area contributed by atoms with Crippen molar-refractivity contribution in [1.29, 1.82) is 0 Å².